The van der Waals surface area contributed by atoms with Gasteiger partial charge >= 0.3 is 0 Å². The topological polar surface area (TPSA) is 15.3 Å². The second-order valence-electron chi connectivity index (χ2n) is 5.11. The Labute approximate surface area is 97.6 Å². The van der Waals surface area contributed by atoms with Crippen molar-refractivity contribution in [1.82, 2.24) is 10.2 Å². The molecular formula is C14H20N2. The van der Waals surface area contributed by atoms with Crippen LogP contribution in [0, 0.1) is 5.92 Å². The average molecular weight is 216 g/mol. The van der Waals surface area contributed by atoms with Crippen LogP contribution in [0.1, 0.15) is 17.5 Å². The van der Waals surface area contributed by atoms with Crippen LogP contribution in [0.2, 0.25) is 0 Å². The Hall–Kier alpha value is -0.860. The van der Waals surface area contributed by atoms with Crippen molar-refractivity contribution in [3.63, 3.8) is 0 Å². The lowest BCUT2D eigenvalue weighted by Crippen LogP contribution is -2.44. The zero-order valence-electron chi connectivity index (χ0n) is 9.78. The highest BCUT2D eigenvalue weighted by Gasteiger charge is 2.20. The fraction of sp³-hybridized carbons (Fsp3) is 0.571. The fourth-order valence-corrected chi connectivity index (χ4v) is 2.66. The minimum Gasteiger partial charge on any atom is -0.316 e. The average Bonchev–Trinajstić information content (AvgIpc) is 2.27. The van der Waals surface area contributed by atoms with Gasteiger partial charge in [0.2, 0.25) is 0 Å². The van der Waals surface area contributed by atoms with Gasteiger partial charge in [0, 0.05) is 13.1 Å². The number of nitrogens with zero attached hydrogens (tertiary/aromatic N) is 1. The van der Waals surface area contributed by atoms with Gasteiger partial charge < -0.3 is 5.32 Å². The molecule has 1 fully saturated rings. The predicted octanol–water partition coefficient (Wildman–Crippen LogP) is 1.65. The number of hydrogen-bond acceptors (Lipinski definition) is 2. The molecule has 1 aromatic carbocycles. The van der Waals surface area contributed by atoms with Crippen LogP contribution in [0.15, 0.2) is 24.3 Å². The normalized spacial score (nSPS) is 21.5. The van der Waals surface area contributed by atoms with Crippen molar-refractivity contribution >= 4 is 0 Å². The van der Waals surface area contributed by atoms with Crippen LogP contribution in [0.4, 0.5) is 0 Å². The van der Waals surface area contributed by atoms with Crippen molar-refractivity contribution in [2.75, 3.05) is 26.2 Å². The van der Waals surface area contributed by atoms with Gasteiger partial charge in [-0.05, 0) is 49.5 Å². The van der Waals surface area contributed by atoms with Crippen LogP contribution in [0.25, 0.3) is 0 Å². The molecule has 0 radical (unpaired) electrons. The van der Waals surface area contributed by atoms with Gasteiger partial charge in [0.05, 0.1) is 0 Å². The Morgan fingerprint density at radius 3 is 2.75 bits per heavy atom. The van der Waals surface area contributed by atoms with E-state index >= 15 is 0 Å². The number of rotatable bonds is 3. The van der Waals surface area contributed by atoms with E-state index in [1.165, 1.54) is 39.0 Å². The van der Waals surface area contributed by atoms with E-state index < -0.39 is 0 Å². The molecule has 1 N–H and O–H groups in total. The number of benzene rings is 1. The van der Waals surface area contributed by atoms with Gasteiger partial charge in [-0.15, -0.1) is 0 Å². The second kappa shape index (κ2) is 4.56. The molecule has 2 nitrogen and oxygen atoms in total. The molecule has 0 spiro atoms. The monoisotopic (exact) mass is 216 g/mol. The minimum atomic E-state index is 0.942. The number of hydrogen-bond donors (Lipinski definition) is 1. The molecule has 0 aliphatic carbocycles. The summed E-state index contributed by atoms with van der Waals surface area (Å²) in [6.45, 7) is 6.17. The lowest BCUT2D eigenvalue weighted by Gasteiger charge is -2.32. The molecule has 1 saturated heterocycles. The van der Waals surface area contributed by atoms with Crippen molar-refractivity contribution < 1.29 is 0 Å². The molecule has 86 valence electrons. The first kappa shape index (κ1) is 10.3. The van der Waals surface area contributed by atoms with Crippen molar-refractivity contribution in [2.45, 2.75) is 19.4 Å². The van der Waals surface area contributed by atoms with E-state index in [1.807, 2.05) is 0 Å². The molecule has 0 saturated carbocycles. The number of fused-ring (bicyclic) bond motifs is 1. The summed E-state index contributed by atoms with van der Waals surface area (Å²) in [5.74, 6) is 0.942. The molecule has 0 atom stereocenters. The van der Waals surface area contributed by atoms with Crippen LogP contribution in [-0.2, 0) is 13.0 Å². The first-order valence-electron chi connectivity index (χ1n) is 6.41. The molecule has 2 heteroatoms. The van der Waals surface area contributed by atoms with E-state index in [-0.39, 0.29) is 0 Å². The summed E-state index contributed by atoms with van der Waals surface area (Å²) < 4.78 is 0. The van der Waals surface area contributed by atoms with E-state index in [0.29, 0.717) is 0 Å². The standard InChI is InChI=1S/C14H20N2/c1-2-4-14-11-16(8-6-13(14)3-1)7-5-12-9-15-10-12/h1-4,12,15H,5-11H2. The molecular weight excluding hydrogens is 196 g/mol. The van der Waals surface area contributed by atoms with Crippen LogP contribution in [0.5, 0.6) is 0 Å². The molecule has 0 unspecified atom stereocenters. The smallest absolute Gasteiger partial charge is 0.0236 e. The molecule has 3 rings (SSSR count). The van der Waals surface area contributed by atoms with Crippen LogP contribution >= 0.6 is 0 Å². The van der Waals surface area contributed by atoms with E-state index in [2.05, 4.69) is 34.5 Å². The minimum absolute atomic E-state index is 0.942. The maximum absolute atomic E-state index is 3.35. The summed E-state index contributed by atoms with van der Waals surface area (Å²) in [5, 5.41) is 3.35. The van der Waals surface area contributed by atoms with Gasteiger partial charge in [-0.25, -0.2) is 0 Å². The molecule has 0 bridgehead atoms. The number of nitrogens with one attached hydrogen (secondary N) is 1. The van der Waals surface area contributed by atoms with Gasteiger partial charge in [-0.2, -0.15) is 0 Å². The second-order valence-corrected chi connectivity index (χ2v) is 5.11. The summed E-state index contributed by atoms with van der Waals surface area (Å²) in [6, 6.07) is 8.89. The fourth-order valence-electron chi connectivity index (χ4n) is 2.66. The Bertz CT molecular complexity index is 358. The highest BCUT2D eigenvalue weighted by Crippen LogP contribution is 2.19. The van der Waals surface area contributed by atoms with Gasteiger partial charge in [0.1, 0.15) is 0 Å². The predicted molar refractivity (Wildman–Crippen MR) is 66.4 cm³/mol. The summed E-state index contributed by atoms with van der Waals surface area (Å²) in [5.41, 5.74) is 3.10. The van der Waals surface area contributed by atoms with Crippen molar-refractivity contribution in [3.8, 4) is 0 Å². The Balaban J connectivity index is 1.55. The quantitative estimate of drug-likeness (QED) is 0.826. The zero-order chi connectivity index (χ0) is 10.8. The van der Waals surface area contributed by atoms with Gasteiger partial charge in [0.25, 0.3) is 0 Å². The first-order valence-corrected chi connectivity index (χ1v) is 6.41. The van der Waals surface area contributed by atoms with Crippen molar-refractivity contribution in [1.29, 1.82) is 0 Å². The zero-order valence-corrected chi connectivity index (χ0v) is 9.78. The SMILES string of the molecule is c1ccc2c(c1)CCN(CCC1CNC1)C2. The van der Waals surface area contributed by atoms with Gasteiger partial charge in [-0.3, -0.25) is 4.90 Å². The summed E-state index contributed by atoms with van der Waals surface area (Å²) >= 11 is 0. The third-order valence-electron chi connectivity index (χ3n) is 3.93. The highest BCUT2D eigenvalue weighted by molar-refractivity contribution is 5.28. The molecule has 0 aromatic heterocycles. The molecule has 0 amide bonds. The van der Waals surface area contributed by atoms with Crippen LogP contribution < -0.4 is 5.32 Å². The van der Waals surface area contributed by atoms with Gasteiger partial charge in [0.15, 0.2) is 0 Å². The van der Waals surface area contributed by atoms with Gasteiger partial charge in [-0.1, -0.05) is 24.3 Å². The third kappa shape index (κ3) is 2.13. The van der Waals surface area contributed by atoms with E-state index in [0.717, 1.165) is 12.5 Å². The summed E-state index contributed by atoms with van der Waals surface area (Å²) in [4.78, 5) is 2.61. The van der Waals surface area contributed by atoms with Crippen molar-refractivity contribution in [3.05, 3.63) is 35.4 Å². The Kier molecular flexibility index (Phi) is 2.94. The van der Waals surface area contributed by atoms with E-state index in [4.69, 9.17) is 0 Å². The maximum atomic E-state index is 3.35. The Morgan fingerprint density at radius 2 is 2.00 bits per heavy atom. The maximum Gasteiger partial charge on any atom is 0.0236 e. The highest BCUT2D eigenvalue weighted by atomic mass is 15.1. The first-order chi connectivity index (χ1) is 7.92. The largest absolute Gasteiger partial charge is 0.316 e. The van der Waals surface area contributed by atoms with E-state index in [1.54, 1.807) is 11.1 Å². The lowest BCUT2D eigenvalue weighted by molar-refractivity contribution is 0.212. The summed E-state index contributed by atoms with van der Waals surface area (Å²) in [6.07, 6.45) is 2.61. The summed E-state index contributed by atoms with van der Waals surface area (Å²) in [7, 11) is 0. The van der Waals surface area contributed by atoms with E-state index in [9.17, 15) is 0 Å². The molecule has 2 aliphatic rings. The Morgan fingerprint density at radius 1 is 1.19 bits per heavy atom. The molecule has 16 heavy (non-hydrogen) atoms. The van der Waals surface area contributed by atoms with Crippen molar-refractivity contribution in [2.24, 2.45) is 5.92 Å². The lowest BCUT2D eigenvalue weighted by atomic mass is 9.96. The molecule has 1 aromatic rings. The molecule has 2 aliphatic heterocycles. The molecule has 2 heterocycles. The van der Waals surface area contributed by atoms with Crippen LogP contribution in [0.3, 0.4) is 0 Å². The van der Waals surface area contributed by atoms with Crippen LogP contribution in [-0.4, -0.2) is 31.1 Å². The third-order valence-corrected chi connectivity index (χ3v) is 3.93.